The molecule has 31 heavy (non-hydrogen) atoms. The Labute approximate surface area is 184 Å². The van der Waals surface area contributed by atoms with Gasteiger partial charge in [-0.1, -0.05) is 48.5 Å². The lowest BCUT2D eigenvalue weighted by atomic mass is 10.0. The van der Waals surface area contributed by atoms with Gasteiger partial charge in [0.1, 0.15) is 0 Å². The van der Waals surface area contributed by atoms with Crippen LogP contribution in [0.25, 0.3) is 10.8 Å². The largest absolute Gasteiger partial charge is 0.493 e. The molecule has 0 spiro atoms. The number of hydrogen-bond donors (Lipinski definition) is 0. The standard InChI is InChI=1S/C26H30N2O3/c1-30-24-12-10-20(18-25(24)31-2)11-13-26(29)28-16-14-27(15-17-28)19-22-8-5-7-21-6-3-4-9-23(21)22/h3-10,12,18H,11,13-17,19H2,1-2H3. The van der Waals surface area contributed by atoms with E-state index in [0.29, 0.717) is 24.3 Å². The van der Waals surface area contributed by atoms with Crippen molar-refractivity contribution >= 4 is 16.7 Å². The first-order chi connectivity index (χ1) is 15.2. The zero-order valence-corrected chi connectivity index (χ0v) is 18.3. The predicted molar refractivity (Wildman–Crippen MR) is 124 cm³/mol. The lowest BCUT2D eigenvalue weighted by Gasteiger charge is -2.35. The topological polar surface area (TPSA) is 42.0 Å². The molecule has 5 heteroatoms. The van der Waals surface area contributed by atoms with Crippen molar-refractivity contribution in [2.45, 2.75) is 19.4 Å². The fraction of sp³-hybridized carbons (Fsp3) is 0.346. The van der Waals surface area contributed by atoms with E-state index >= 15 is 0 Å². The van der Waals surface area contributed by atoms with Crippen LogP contribution in [0.2, 0.25) is 0 Å². The molecule has 1 heterocycles. The average Bonchev–Trinajstić information content (AvgIpc) is 2.83. The van der Waals surface area contributed by atoms with Crippen LogP contribution in [0, 0.1) is 0 Å². The second-order valence-electron chi connectivity index (χ2n) is 7.98. The Bertz CT molecular complexity index is 1040. The van der Waals surface area contributed by atoms with E-state index in [1.165, 1.54) is 16.3 Å². The van der Waals surface area contributed by atoms with Gasteiger partial charge in [-0.3, -0.25) is 9.69 Å². The van der Waals surface area contributed by atoms with Crippen LogP contribution in [0.3, 0.4) is 0 Å². The number of carbonyl (C=O) groups excluding carboxylic acids is 1. The quantitative estimate of drug-likeness (QED) is 0.579. The number of benzene rings is 3. The summed E-state index contributed by atoms with van der Waals surface area (Å²) in [6, 6.07) is 20.9. The van der Waals surface area contributed by atoms with Crippen molar-refractivity contribution in [3.05, 3.63) is 71.8 Å². The molecule has 1 amide bonds. The highest BCUT2D eigenvalue weighted by molar-refractivity contribution is 5.85. The van der Waals surface area contributed by atoms with Crippen LogP contribution in [0.5, 0.6) is 11.5 Å². The van der Waals surface area contributed by atoms with Crippen molar-refractivity contribution in [1.82, 2.24) is 9.80 Å². The molecule has 0 bridgehead atoms. The van der Waals surface area contributed by atoms with Gasteiger partial charge < -0.3 is 14.4 Å². The third-order valence-corrected chi connectivity index (χ3v) is 6.07. The number of fused-ring (bicyclic) bond motifs is 1. The molecule has 1 aliphatic heterocycles. The first kappa shape index (κ1) is 21.2. The summed E-state index contributed by atoms with van der Waals surface area (Å²) < 4.78 is 10.6. The Morgan fingerprint density at radius 3 is 2.39 bits per heavy atom. The Kier molecular flexibility index (Phi) is 6.73. The van der Waals surface area contributed by atoms with Gasteiger partial charge in [0.25, 0.3) is 0 Å². The number of rotatable bonds is 7. The number of aryl methyl sites for hydroxylation is 1. The minimum atomic E-state index is 0.222. The molecule has 0 aromatic heterocycles. The lowest BCUT2D eigenvalue weighted by molar-refractivity contribution is -0.133. The highest BCUT2D eigenvalue weighted by Gasteiger charge is 2.21. The van der Waals surface area contributed by atoms with Crippen LogP contribution in [-0.4, -0.2) is 56.1 Å². The molecule has 0 saturated carbocycles. The van der Waals surface area contributed by atoms with Gasteiger partial charge in [-0.25, -0.2) is 0 Å². The van der Waals surface area contributed by atoms with Crippen molar-refractivity contribution in [3.63, 3.8) is 0 Å². The summed E-state index contributed by atoms with van der Waals surface area (Å²) in [4.78, 5) is 17.2. The van der Waals surface area contributed by atoms with Crippen molar-refractivity contribution in [2.24, 2.45) is 0 Å². The minimum Gasteiger partial charge on any atom is -0.493 e. The Morgan fingerprint density at radius 2 is 1.61 bits per heavy atom. The van der Waals surface area contributed by atoms with Gasteiger partial charge in [0.2, 0.25) is 5.91 Å². The van der Waals surface area contributed by atoms with E-state index in [-0.39, 0.29) is 5.91 Å². The van der Waals surface area contributed by atoms with E-state index in [4.69, 9.17) is 9.47 Å². The van der Waals surface area contributed by atoms with E-state index in [0.717, 1.165) is 38.3 Å². The average molecular weight is 419 g/mol. The molecular formula is C26H30N2O3. The Hall–Kier alpha value is -3.05. The van der Waals surface area contributed by atoms with Gasteiger partial charge in [-0.2, -0.15) is 0 Å². The third kappa shape index (κ3) is 5.00. The molecule has 0 atom stereocenters. The lowest BCUT2D eigenvalue weighted by Crippen LogP contribution is -2.48. The van der Waals surface area contributed by atoms with Crippen LogP contribution < -0.4 is 9.47 Å². The fourth-order valence-corrected chi connectivity index (χ4v) is 4.27. The summed E-state index contributed by atoms with van der Waals surface area (Å²) in [5.74, 6) is 1.63. The number of amides is 1. The Balaban J connectivity index is 1.29. The molecule has 0 N–H and O–H groups in total. The molecule has 3 aromatic carbocycles. The molecule has 1 fully saturated rings. The number of ether oxygens (including phenoxy) is 2. The fourth-order valence-electron chi connectivity index (χ4n) is 4.27. The maximum atomic E-state index is 12.7. The normalized spacial score (nSPS) is 14.6. The molecule has 162 valence electrons. The molecule has 3 aromatic rings. The summed E-state index contributed by atoms with van der Waals surface area (Å²) >= 11 is 0. The summed E-state index contributed by atoms with van der Waals surface area (Å²) in [6.07, 6.45) is 1.22. The summed E-state index contributed by atoms with van der Waals surface area (Å²) in [5, 5.41) is 2.60. The van der Waals surface area contributed by atoms with Crippen LogP contribution in [0.4, 0.5) is 0 Å². The first-order valence-corrected chi connectivity index (χ1v) is 10.9. The van der Waals surface area contributed by atoms with Crippen LogP contribution >= 0.6 is 0 Å². The molecular weight excluding hydrogens is 388 g/mol. The summed E-state index contributed by atoms with van der Waals surface area (Å²) in [7, 11) is 3.26. The van der Waals surface area contributed by atoms with Gasteiger partial charge in [0.15, 0.2) is 11.5 Å². The van der Waals surface area contributed by atoms with Crippen molar-refractivity contribution in [2.75, 3.05) is 40.4 Å². The van der Waals surface area contributed by atoms with E-state index in [2.05, 4.69) is 47.4 Å². The molecule has 0 radical (unpaired) electrons. The number of methoxy groups -OCH3 is 2. The maximum absolute atomic E-state index is 12.7. The summed E-state index contributed by atoms with van der Waals surface area (Å²) in [5.41, 5.74) is 2.44. The number of carbonyl (C=O) groups is 1. The van der Waals surface area contributed by atoms with E-state index < -0.39 is 0 Å². The molecule has 5 nitrogen and oxygen atoms in total. The maximum Gasteiger partial charge on any atom is 0.222 e. The molecule has 1 saturated heterocycles. The first-order valence-electron chi connectivity index (χ1n) is 10.9. The van der Waals surface area contributed by atoms with E-state index in [9.17, 15) is 4.79 Å². The SMILES string of the molecule is COc1ccc(CCC(=O)N2CCN(Cc3cccc4ccccc34)CC2)cc1OC. The molecule has 4 rings (SSSR count). The van der Waals surface area contributed by atoms with Crippen molar-refractivity contribution < 1.29 is 14.3 Å². The number of nitrogens with zero attached hydrogens (tertiary/aromatic N) is 2. The third-order valence-electron chi connectivity index (χ3n) is 6.07. The Morgan fingerprint density at radius 1 is 0.871 bits per heavy atom. The van der Waals surface area contributed by atoms with Gasteiger partial charge in [-0.15, -0.1) is 0 Å². The minimum absolute atomic E-state index is 0.222. The van der Waals surface area contributed by atoms with Gasteiger partial charge in [0, 0.05) is 39.1 Å². The number of piperazine rings is 1. The summed E-state index contributed by atoms with van der Waals surface area (Å²) in [6.45, 7) is 4.32. The van der Waals surface area contributed by atoms with Gasteiger partial charge in [0.05, 0.1) is 14.2 Å². The van der Waals surface area contributed by atoms with E-state index in [1.807, 2.05) is 23.1 Å². The monoisotopic (exact) mass is 418 g/mol. The zero-order chi connectivity index (χ0) is 21.6. The molecule has 0 unspecified atom stereocenters. The van der Waals surface area contributed by atoms with Gasteiger partial charge >= 0.3 is 0 Å². The second-order valence-corrected chi connectivity index (χ2v) is 7.98. The number of hydrogen-bond acceptors (Lipinski definition) is 4. The van der Waals surface area contributed by atoms with Crippen LogP contribution in [0.1, 0.15) is 17.5 Å². The molecule has 0 aliphatic carbocycles. The van der Waals surface area contributed by atoms with Gasteiger partial charge in [-0.05, 0) is 40.5 Å². The van der Waals surface area contributed by atoms with E-state index in [1.54, 1.807) is 14.2 Å². The van der Waals surface area contributed by atoms with Crippen LogP contribution in [-0.2, 0) is 17.8 Å². The smallest absolute Gasteiger partial charge is 0.222 e. The van der Waals surface area contributed by atoms with Crippen LogP contribution in [0.15, 0.2) is 60.7 Å². The van der Waals surface area contributed by atoms with Crippen molar-refractivity contribution in [3.8, 4) is 11.5 Å². The second kappa shape index (κ2) is 9.84. The predicted octanol–water partition coefficient (Wildman–Crippen LogP) is 4.13. The highest BCUT2D eigenvalue weighted by Crippen LogP contribution is 2.28. The zero-order valence-electron chi connectivity index (χ0n) is 18.3. The van der Waals surface area contributed by atoms with Crippen molar-refractivity contribution in [1.29, 1.82) is 0 Å². The molecule has 1 aliphatic rings. The highest BCUT2D eigenvalue weighted by atomic mass is 16.5.